The fraction of sp³-hybridized carbons (Fsp3) is 0.136. The predicted molar refractivity (Wildman–Crippen MR) is 578 cm³/mol. The van der Waals surface area contributed by atoms with Crippen LogP contribution in [0.1, 0.15) is 116 Å². The molecule has 3 heteroatoms. The summed E-state index contributed by atoms with van der Waals surface area (Å²) in [4.78, 5) is 2.39. The van der Waals surface area contributed by atoms with Gasteiger partial charge < -0.3 is 14.0 Å². The van der Waals surface area contributed by atoms with Crippen LogP contribution in [0.2, 0.25) is 0 Å². The SMILES string of the molecule is CC1(C)c2cc(-n3c4ccccc4c4cc(-c5ccccc5)ccc43)ccc2-c2c(ccc3ccc4ccccc4c23)C1(C)C.CC1(C)c2cc(-n3c4ccccc4c4ccc(-c5ccccc5)cc43)ccc2-c2cc3c(ccc4ccccc43)cc2C1(C)C.CC1(C)c2cc(N(c3ccccc3)c3ccc(-c4ccccc4)cc3)ccc2-c2c(ccc3ccc4ccccc4c23)C1(C)C. The second-order valence-electron chi connectivity index (χ2n) is 41.1. The van der Waals surface area contributed by atoms with E-state index in [9.17, 15) is 0 Å². The Hall–Kier alpha value is -15.4. The van der Waals surface area contributed by atoms with Gasteiger partial charge in [-0.3, -0.25) is 0 Å². The molecule has 650 valence electrons. The Balaban J connectivity index is 0.000000111. The summed E-state index contributed by atoms with van der Waals surface area (Å²) in [6.45, 7) is 29.2. The van der Waals surface area contributed by atoms with Crippen molar-refractivity contribution < 1.29 is 0 Å². The van der Waals surface area contributed by atoms with Crippen molar-refractivity contribution in [2.24, 2.45) is 0 Å². The minimum Gasteiger partial charge on any atom is -0.310 e. The molecule has 2 heterocycles. The lowest BCUT2D eigenvalue weighted by Gasteiger charge is -2.49. The molecule has 0 bridgehead atoms. The smallest absolute Gasteiger partial charge is 0.0547 e. The molecule has 23 aromatic rings. The van der Waals surface area contributed by atoms with Gasteiger partial charge in [-0.15, -0.1) is 0 Å². The van der Waals surface area contributed by atoms with E-state index in [1.165, 1.54) is 225 Å². The van der Waals surface area contributed by atoms with Gasteiger partial charge in [0.1, 0.15) is 0 Å². The molecule has 0 amide bonds. The number of fused-ring (bicyclic) bond motifs is 26. The molecule has 0 N–H and O–H groups in total. The highest BCUT2D eigenvalue weighted by molar-refractivity contribution is 6.19. The number of hydrogen-bond acceptors (Lipinski definition) is 1. The Kier molecular flexibility index (Phi) is 19.1. The molecule has 2 aromatic heterocycles. The van der Waals surface area contributed by atoms with Crippen LogP contribution in [0.25, 0.3) is 186 Å². The normalized spacial score (nSPS) is 14.9. The molecule has 0 unspecified atom stereocenters. The van der Waals surface area contributed by atoms with Crippen molar-refractivity contribution in [3.05, 3.63) is 464 Å². The molecule has 135 heavy (non-hydrogen) atoms. The summed E-state index contributed by atoms with van der Waals surface area (Å²) in [6, 6.07) is 159. The van der Waals surface area contributed by atoms with E-state index in [2.05, 4.69) is 528 Å². The minimum atomic E-state index is -0.108. The molecule has 0 aliphatic heterocycles. The van der Waals surface area contributed by atoms with E-state index in [4.69, 9.17) is 0 Å². The molecule has 0 atom stereocenters. The Bertz CT molecular complexity index is 8760. The number of benzene rings is 21. The average molecular weight is 1740 g/mol. The van der Waals surface area contributed by atoms with Crippen LogP contribution >= 0.6 is 0 Å². The molecule has 0 spiro atoms. The monoisotopic (exact) mass is 1730 g/mol. The van der Waals surface area contributed by atoms with Crippen LogP contribution in [0.3, 0.4) is 0 Å². The quantitative estimate of drug-likeness (QED) is 0.138. The fourth-order valence-electron chi connectivity index (χ4n) is 23.4. The van der Waals surface area contributed by atoms with E-state index in [1.807, 2.05) is 0 Å². The summed E-state index contributed by atoms with van der Waals surface area (Å²) in [5.41, 5.74) is 34.4. The molecule has 0 saturated carbocycles. The van der Waals surface area contributed by atoms with Crippen LogP contribution in [0.4, 0.5) is 17.1 Å². The van der Waals surface area contributed by atoms with E-state index >= 15 is 0 Å². The zero-order valence-corrected chi connectivity index (χ0v) is 78.8. The molecule has 0 radical (unpaired) electrons. The maximum Gasteiger partial charge on any atom is 0.0547 e. The highest BCUT2D eigenvalue weighted by Gasteiger charge is 2.50. The number of hydrogen-bond donors (Lipinski definition) is 0. The summed E-state index contributed by atoms with van der Waals surface area (Å²) in [5.74, 6) is 0. The third-order valence-electron chi connectivity index (χ3n) is 32.9. The number of para-hydroxylation sites is 3. The van der Waals surface area contributed by atoms with Crippen LogP contribution in [-0.4, -0.2) is 9.13 Å². The van der Waals surface area contributed by atoms with Crippen LogP contribution in [0, 0.1) is 0 Å². The molecule has 3 aliphatic carbocycles. The summed E-state index contributed by atoms with van der Waals surface area (Å²) < 4.78 is 4.95. The first kappa shape index (κ1) is 82.7. The van der Waals surface area contributed by atoms with Crippen molar-refractivity contribution in [2.75, 3.05) is 4.90 Å². The van der Waals surface area contributed by atoms with Gasteiger partial charge >= 0.3 is 0 Å². The van der Waals surface area contributed by atoms with Gasteiger partial charge in [0.25, 0.3) is 0 Å². The van der Waals surface area contributed by atoms with Crippen molar-refractivity contribution in [3.8, 4) is 78.1 Å². The average Bonchev–Trinajstić information content (AvgIpc) is 0.860. The van der Waals surface area contributed by atoms with Gasteiger partial charge in [0, 0.05) is 50.0 Å². The van der Waals surface area contributed by atoms with Crippen LogP contribution in [0.15, 0.2) is 431 Å². The summed E-state index contributed by atoms with van der Waals surface area (Å²) in [6.07, 6.45) is 0. The standard InChI is InChI=1S/2C44H35N.C44H37N/c1-43(2)37-24-20-30-19-18-29-14-8-9-15-33(29)41(30)42(37)35-23-22-32(27-38(35)44(43,3)4)45-39-17-11-10-16-34(39)36-26-31(21-25-40(36)45)28-12-6-5-7-13-28;1-43(2)39-24-31-19-18-29-14-8-9-15-33(29)37(31)27-38(39)34-23-21-32(26-40(34)44(43,3)4)45-41-17-11-10-16-35(41)36-22-20-30(25-42(36)45)28-12-6-5-7-13-28;1-43(2)39-28-23-33-20-19-32-15-11-12-18-37(32)41(33)42(39)38-27-26-36(29-40(38)44(43,3)4)45(34-16-9-6-10-17-34)35-24-21-31(22-25-35)30-13-7-5-8-14-30/h2*5-27H,1-4H3;5-29H,1-4H3. The number of rotatable bonds is 8. The van der Waals surface area contributed by atoms with Gasteiger partial charge in [-0.05, 0) is 300 Å². The highest BCUT2D eigenvalue weighted by Crippen LogP contribution is 2.61. The molecular weight excluding hydrogens is 1630 g/mol. The lowest BCUT2D eigenvalue weighted by Crippen LogP contribution is -2.43. The number of aromatic nitrogens is 2. The van der Waals surface area contributed by atoms with Crippen molar-refractivity contribution in [1.29, 1.82) is 0 Å². The largest absolute Gasteiger partial charge is 0.310 e. The highest BCUT2D eigenvalue weighted by atomic mass is 15.1. The van der Waals surface area contributed by atoms with E-state index < -0.39 is 0 Å². The van der Waals surface area contributed by atoms with Crippen molar-refractivity contribution in [3.63, 3.8) is 0 Å². The number of nitrogens with zero attached hydrogens (tertiary/aromatic N) is 3. The van der Waals surface area contributed by atoms with E-state index in [0.29, 0.717) is 0 Å². The summed E-state index contributed by atoms with van der Waals surface area (Å²) in [5, 5.41) is 20.9. The maximum absolute atomic E-state index is 2.49. The van der Waals surface area contributed by atoms with Crippen molar-refractivity contribution in [1.82, 2.24) is 9.13 Å². The number of anilines is 3. The van der Waals surface area contributed by atoms with Crippen LogP contribution in [0.5, 0.6) is 0 Å². The molecular formula is C132H107N3. The molecule has 0 fully saturated rings. The zero-order chi connectivity index (χ0) is 91.8. The predicted octanol–water partition coefficient (Wildman–Crippen LogP) is 36.4. The lowest BCUT2D eigenvalue weighted by atomic mass is 9.55. The third-order valence-corrected chi connectivity index (χ3v) is 32.9. The molecule has 3 nitrogen and oxygen atoms in total. The third kappa shape index (κ3) is 12.8. The first-order chi connectivity index (χ1) is 65.5. The van der Waals surface area contributed by atoms with E-state index in [1.54, 1.807) is 0 Å². The van der Waals surface area contributed by atoms with Crippen molar-refractivity contribution >= 4 is 125 Å². The molecule has 21 aromatic carbocycles. The first-order valence-corrected chi connectivity index (χ1v) is 48.0. The second-order valence-corrected chi connectivity index (χ2v) is 41.1. The second kappa shape index (κ2) is 31.1. The summed E-state index contributed by atoms with van der Waals surface area (Å²) in [7, 11) is 0. The van der Waals surface area contributed by atoms with Crippen LogP contribution < -0.4 is 4.90 Å². The maximum atomic E-state index is 2.49. The minimum absolute atomic E-state index is 0.0743. The molecule has 3 aliphatic rings. The summed E-state index contributed by atoms with van der Waals surface area (Å²) >= 11 is 0. The Morgan fingerprint density at radius 1 is 0.170 bits per heavy atom. The van der Waals surface area contributed by atoms with Gasteiger partial charge in [-0.2, -0.15) is 0 Å². The zero-order valence-electron chi connectivity index (χ0n) is 78.8. The van der Waals surface area contributed by atoms with E-state index in [-0.39, 0.29) is 32.5 Å². The Labute approximate surface area is 791 Å². The Morgan fingerprint density at radius 3 is 1.05 bits per heavy atom. The Morgan fingerprint density at radius 2 is 0.511 bits per heavy atom. The molecule has 0 saturated heterocycles. The topological polar surface area (TPSA) is 13.1 Å². The van der Waals surface area contributed by atoms with Gasteiger partial charge in [-0.1, -0.05) is 411 Å². The first-order valence-electron chi connectivity index (χ1n) is 48.0. The van der Waals surface area contributed by atoms with Gasteiger partial charge in [0.05, 0.1) is 22.1 Å². The fourth-order valence-corrected chi connectivity index (χ4v) is 23.4. The van der Waals surface area contributed by atoms with Crippen LogP contribution in [-0.2, 0) is 32.5 Å². The molecule has 26 rings (SSSR count). The van der Waals surface area contributed by atoms with Crippen molar-refractivity contribution in [2.45, 2.75) is 116 Å². The van der Waals surface area contributed by atoms with Gasteiger partial charge in [-0.25, -0.2) is 0 Å². The van der Waals surface area contributed by atoms with Gasteiger partial charge in [0.2, 0.25) is 0 Å². The van der Waals surface area contributed by atoms with Gasteiger partial charge in [0.15, 0.2) is 0 Å². The lowest BCUT2D eigenvalue weighted by molar-refractivity contribution is 0.299. The van der Waals surface area contributed by atoms with E-state index in [0.717, 1.165) is 11.4 Å².